The molecule has 0 radical (unpaired) electrons. The summed E-state index contributed by atoms with van der Waals surface area (Å²) in [4.78, 5) is 29.8. The summed E-state index contributed by atoms with van der Waals surface area (Å²) in [6.45, 7) is 4.05. The Hall–Kier alpha value is -2.99. The van der Waals surface area contributed by atoms with E-state index in [-0.39, 0.29) is 0 Å². The molecule has 0 atom stereocenters. The van der Waals surface area contributed by atoms with Crippen molar-refractivity contribution in [2.24, 2.45) is 0 Å². The van der Waals surface area contributed by atoms with Gasteiger partial charge in [0, 0.05) is 35.1 Å². The van der Waals surface area contributed by atoms with Gasteiger partial charge in [0.1, 0.15) is 5.69 Å². The highest BCUT2D eigenvalue weighted by Crippen LogP contribution is 2.20. The number of hydrazine groups is 1. The lowest BCUT2D eigenvalue weighted by atomic mass is 10.1. The molecule has 1 aromatic carbocycles. The zero-order valence-electron chi connectivity index (χ0n) is 19.9. The minimum Gasteiger partial charge on any atom is -0.373 e. The number of hydrogen-bond acceptors (Lipinski definition) is 3. The van der Waals surface area contributed by atoms with Crippen molar-refractivity contribution in [3.8, 4) is 0 Å². The smallest absolute Gasteiger partial charge is 0.286 e. The van der Waals surface area contributed by atoms with Crippen LogP contribution in [-0.2, 0) is 4.79 Å². The van der Waals surface area contributed by atoms with Crippen LogP contribution in [0.4, 0.5) is 0 Å². The number of hydrogen-bond donors (Lipinski definition) is 3. The fourth-order valence-electron chi connectivity index (χ4n) is 3.97. The quantitative estimate of drug-likeness (QED) is 0.196. The first-order chi connectivity index (χ1) is 16.5. The molecular formula is C27H35ClN4O2. The second-order valence-electron chi connectivity index (χ2n) is 8.72. The number of unbranched alkanes of at least 4 members (excludes halogenated alkanes) is 7. The van der Waals surface area contributed by atoms with Crippen LogP contribution in [0.1, 0.15) is 68.8 Å². The first kappa shape index (κ1) is 25.6. The molecule has 34 heavy (non-hydrogen) atoms. The SMILES string of the molecule is CCCCCCCCCCN1C=CC=C(/C=C/C(=O)NNC(=O)c2cc3cc(Cl)ccc3[nH]2)C1. The summed E-state index contributed by atoms with van der Waals surface area (Å²) in [5.41, 5.74) is 7.05. The Kier molecular flexibility index (Phi) is 10.3. The molecule has 2 amide bonds. The van der Waals surface area contributed by atoms with Gasteiger partial charge in [-0.05, 0) is 48.5 Å². The van der Waals surface area contributed by atoms with E-state index in [0.717, 1.165) is 29.6 Å². The number of fused-ring (bicyclic) bond motifs is 1. The molecule has 182 valence electrons. The number of aromatic nitrogens is 1. The molecule has 0 saturated carbocycles. The predicted molar refractivity (Wildman–Crippen MR) is 139 cm³/mol. The number of aromatic amines is 1. The van der Waals surface area contributed by atoms with Gasteiger partial charge < -0.3 is 9.88 Å². The summed E-state index contributed by atoms with van der Waals surface area (Å²) in [6.07, 6.45) is 19.8. The number of rotatable bonds is 12. The van der Waals surface area contributed by atoms with Crippen LogP contribution >= 0.6 is 11.6 Å². The molecular weight excluding hydrogens is 448 g/mol. The fraction of sp³-hybridized carbons (Fsp3) is 0.407. The number of nitrogens with one attached hydrogen (secondary N) is 3. The molecule has 2 aromatic rings. The van der Waals surface area contributed by atoms with E-state index in [0.29, 0.717) is 10.7 Å². The molecule has 0 unspecified atom stereocenters. The van der Waals surface area contributed by atoms with Gasteiger partial charge in [0.15, 0.2) is 0 Å². The molecule has 1 aliphatic rings. The van der Waals surface area contributed by atoms with Crippen LogP contribution in [0.2, 0.25) is 5.02 Å². The van der Waals surface area contributed by atoms with Gasteiger partial charge >= 0.3 is 0 Å². The van der Waals surface area contributed by atoms with E-state index in [1.165, 1.54) is 57.4 Å². The number of nitrogens with zero attached hydrogens (tertiary/aromatic N) is 1. The van der Waals surface area contributed by atoms with Crippen molar-refractivity contribution in [2.45, 2.75) is 58.3 Å². The Bertz CT molecular complexity index is 1050. The van der Waals surface area contributed by atoms with Gasteiger partial charge in [0.05, 0.1) is 0 Å². The molecule has 3 rings (SSSR count). The molecule has 0 bridgehead atoms. The number of H-pyrrole nitrogens is 1. The van der Waals surface area contributed by atoms with Gasteiger partial charge in [-0.3, -0.25) is 20.4 Å². The number of carbonyl (C=O) groups is 2. The van der Waals surface area contributed by atoms with Crippen molar-refractivity contribution in [3.05, 3.63) is 71.1 Å². The average molecular weight is 483 g/mol. The van der Waals surface area contributed by atoms with Gasteiger partial charge in [-0.25, -0.2) is 0 Å². The Morgan fingerprint density at radius 2 is 1.82 bits per heavy atom. The lowest BCUT2D eigenvalue weighted by Crippen LogP contribution is -2.41. The Morgan fingerprint density at radius 1 is 1.06 bits per heavy atom. The minimum absolute atomic E-state index is 0.346. The average Bonchev–Trinajstić information content (AvgIpc) is 3.26. The largest absolute Gasteiger partial charge is 0.373 e. The third-order valence-electron chi connectivity index (χ3n) is 5.87. The molecule has 2 heterocycles. The van der Waals surface area contributed by atoms with E-state index in [1.807, 2.05) is 12.2 Å². The minimum atomic E-state index is -0.426. The van der Waals surface area contributed by atoms with Crippen molar-refractivity contribution in [3.63, 3.8) is 0 Å². The highest BCUT2D eigenvalue weighted by atomic mass is 35.5. The summed E-state index contributed by atoms with van der Waals surface area (Å²) in [6, 6.07) is 7.02. The maximum Gasteiger partial charge on any atom is 0.286 e. The van der Waals surface area contributed by atoms with Gasteiger partial charge in [0.2, 0.25) is 0 Å². The topological polar surface area (TPSA) is 77.2 Å². The third-order valence-corrected chi connectivity index (χ3v) is 6.10. The molecule has 6 nitrogen and oxygen atoms in total. The van der Waals surface area contributed by atoms with E-state index in [4.69, 9.17) is 11.6 Å². The third kappa shape index (κ3) is 8.41. The van der Waals surface area contributed by atoms with Gasteiger partial charge in [0.25, 0.3) is 11.8 Å². The van der Waals surface area contributed by atoms with Crippen LogP contribution in [0.25, 0.3) is 10.9 Å². The maximum absolute atomic E-state index is 12.3. The Balaban J connectivity index is 1.35. The van der Waals surface area contributed by atoms with E-state index in [1.54, 1.807) is 30.3 Å². The molecule has 1 aromatic heterocycles. The Morgan fingerprint density at radius 3 is 2.62 bits per heavy atom. The van der Waals surface area contributed by atoms with Crippen LogP contribution in [0.15, 0.2) is 60.3 Å². The molecule has 0 saturated heterocycles. The van der Waals surface area contributed by atoms with Crippen LogP contribution in [-0.4, -0.2) is 34.8 Å². The molecule has 7 heteroatoms. The monoisotopic (exact) mass is 482 g/mol. The van der Waals surface area contributed by atoms with Gasteiger partial charge in [-0.1, -0.05) is 75.6 Å². The molecule has 3 N–H and O–H groups in total. The van der Waals surface area contributed by atoms with Crippen molar-refractivity contribution >= 4 is 34.3 Å². The molecule has 0 spiro atoms. The fourth-order valence-corrected chi connectivity index (χ4v) is 4.16. The zero-order valence-corrected chi connectivity index (χ0v) is 20.7. The van der Waals surface area contributed by atoms with Gasteiger partial charge in [-0.15, -0.1) is 0 Å². The van der Waals surface area contributed by atoms with Crippen molar-refractivity contribution < 1.29 is 9.59 Å². The Labute approximate surface area is 207 Å². The summed E-state index contributed by atoms with van der Waals surface area (Å²) >= 11 is 5.98. The second kappa shape index (κ2) is 13.7. The van der Waals surface area contributed by atoms with Crippen LogP contribution in [0.3, 0.4) is 0 Å². The summed E-state index contributed by atoms with van der Waals surface area (Å²) in [7, 11) is 0. The number of allylic oxidation sites excluding steroid dienone is 2. The maximum atomic E-state index is 12.3. The highest BCUT2D eigenvalue weighted by molar-refractivity contribution is 6.31. The number of amides is 2. The first-order valence-electron chi connectivity index (χ1n) is 12.2. The lowest BCUT2D eigenvalue weighted by Gasteiger charge is -2.23. The zero-order chi connectivity index (χ0) is 24.2. The standard InChI is InChI=1S/C27H35ClN4O2/c1-2-3-4-5-6-7-8-9-16-32-17-10-11-21(20-32)12-15-26(33)30-31-27(34)25-19-22-18-23(28)13-14-24(22)29-25/h10-15,17-19,29H,2-9,16,20H2,1H3,(H,30,33)(H,31,34)/b15-12+. The van der Waals surface area contributed by atoms with E-state index in [9.17, 15) is 9.59 Å². The molecule has 0 aliphatic carbocycles. The van der Waals surface area contributed by atoms with Crippen molar-refractivity contribution in [1.82, 2.24) is 20.7 Å². The van der Waals surface area contributed by atoms with E-state index < -0.39 is 11.8 Å². The summed E-state index contributed by atoms with van der Waals surface area (Å²) in [5.74, 6) is -0.817. The molecule has 1 aliphatic heterocycles. The summed E-state index contributed by atoms with van der Waals surface area (Å²) in [5, 5.41) is 1.43. The van der Waals surface area contributed by atoms with Crippen LogP contribution in [0, 0.1) is 0 Å². The van der Waals surface area contributed by atoms with E-state index >= 15 is 0 Å². The highest BCUT2D eigenvalue weighted by Gasteiger charge is 2.11. The number of carbonyl (C=O) groups excluding carboxylic acids is 2. The van der Waals surface area contributed by atoms with Crippen molar-refractivity contribution in [2.75, 3.05) is 13.1 Å². The van der Waals surface area contributed by atoms with Gasteiger partial charge in [-0.2, -0.15) is 0 Å². The van der Waals surface area contributed by atoms with E-state index in [2.05, 4.69) is 33.9 Å². The van der Waals surface area contributed by atoms with Crippen LogP contribution < -0.4 is 10.9 Å². The second-order valence-corrected chi connectivity index (χ2v) is 9.16. The lowest BCUT2D eigenvalue weighted by molar-refractivity contribution is -0.117. The predicted octanol–water partition coefficient (Wildman–Crippen LogP) is 6.03. The summed E-state index contributed by atoms with van der Waals surface area (Å²) < 4.78 is 0. The first-order valence-corrected chi connectivity index (χ1v) is 12.6. The molecule has 0 fully saturated rings. The van der Waals surface area contributed by atoms with Crippen LogP contribution in [0.5, 0.6) is 0 Å². The van der Waals surface area contributed by atoms with Crippen molar-refractivity contribution in [1.29, 1.82) is 0 Å². The number of benzene rings is 1. The number of halogens is 1. The normalized spacial score (nSPS) is 13.5.